The lowest BCUT2D eigenvalue weighted by atomic mass is 9.90. The molecule has 1 heteroatoms. The second-order valence-corrected chi connectivity index (χ2v) is 3.35. The van der Waals surface area contributed by atoms with Crippen LogP contribution in [-0.4, -0.2) is 5.78 Å². The number of rotatable bonds is 0. The standard InChI is InChI=1S/C9H12O/c10-9-6-7-2-1-3-8(9)5-4-7/h4-5,7-8H,1-3,6H2/t7-,8+/m1/s1. The van der Waals surface area contributed by atoms with E-state index in [0.29, 0.717) is 17.6 Å². The van der Waals surface area contributed by atoms with Crippen molar-refractivity contribution in [2.45, 2.75) is 25.7 Å². The van der Waals surface area contributed by atoms with E-state index in [1.54, 1.807) is 0 Å². The third-order valence-corrected chi connectivity index (χ3v) is 2.58. The maximum Gasteiger partial charge on any atom is 0.140 e. The topological polar surface area (TPSA) is 17.1 Å². The average molecular weight is 136 g/mol. The Kier molecular flexibility index (Phi) is 1.37. The fraction of sp³-hybridized carbons (Fsp3) is 0.667. The van der Waals surface area contributed by atoms with Crippen molar-refractivity contribution in [2.75, 3.05) is 0 Å². The van der Waals surface area contributed by atoms with Crippen molar-refractivity contribution in [3.05, 3.63) is 12.2 Å². The third-order valence-electron chi connectivity index (χ3n) is 2.58. The molecule has 0 aromatic carbocycles. The van der Waals surface area contributed by atoms with Crippen LogP contribution in [0.2, 0.25) is 0 Å². The summed E-state index contributed by atoms with van der Waals surface area (Å²) in [5, 5.41) is 0. The Morgan fingerprint density at radius 1 is 1.30 bits per heavy atom. The molecule has 0 spiro atoms. The normalized spacial score (nSPS) is 38.2. The lowest BCUT2D eigenvalue weighted by Gasteiger charge is -2.14. The molecule has 1 fully saturated rings. The first-order chi connectivity index (χ1) is 4.86. The zero-order valence-electron chi connectivity index (χ0n) is 6.05. The van der Waals surface area contributed by atoms with Gasteiger partial charge in [-0.15, -0.1) is 0 Å². The van der Waals surface area contributed by atoms with Crippen molar-refractivity contribution in [2.24, 2.45) is 11.8 Å². The van der Waals surface area contributed by atoms with Gasteiger partial charge in [-0.2, -0.15) is 0 Å². The van der Waals surface area contributed by atoms with Gasteiger partial charge in [0.1, 0.15) is 5.78 Å². The lowest BCUT2D eigenvalue weighted by Crippen LogP contribution is -2.16. The molecule has 2 atom stereocenters. The van der Waals surface area contributed by atoms with E-state index >= 15 is 0 Å². The summed E-state index contributed by atoms with van der Waals surface area (Å²) >= 11 is 0. The van der Waals surface area contributed by atoms with E-state index in [1.807, 2.05) is 0 Å². The van der Waals surface area contributed by atoms with Gasteiger partial charge in [0.05, 0.1) is 0 Å². The number of fused-ring (bicyclic) bond motifs is 3. The zero-order valence-corrected chi connectivity index (χ0v) is 6.05. The molecule has 0 N–H and O–H groups in total. The van der Waals surface area contributed by atoms with E-state index in [2.05, 4.69) is 12.2 Å². The smallest absolute Gasteiger partial charge is 0.140 e. The van der Waals surface area contributed by atoms with Gasteiger partial charge in [0.15, 0.2) is 0 Å². The molecule has 0 amide bonds. The van der Waals surface area contributed by atoms with E-state index in [0.717, 1.165) is 12.8 Å². The highest BCUT2D eigenvalue weighted by Gasteiger charge is 2.26. The van der Waals surface area contributed by atoms with Crippen LogP contribution in [0.5, 0.6) is 0 Å². The molecule has 1 saturated carbocycles. The van der Waals surface area contributed by atoms with E-state index in [-0.39, 0.29) is 0 Å². The molecule has 10 heavy (non-hydrogen) atoms. The number of hydrogen-bond acceptors (Lipinski definition) is 1. The number of hydrogen-bond donors (Lipinski definition) is 0. The fourth-order valence-corrected chi connectivity index (χ4v) is 1.93. The summed E-state index contributed by atoms with van der Waals surface area (Å²) < 4.78 is 0. The summed E-state index contributed by atoms with van der Waals surface area (Å²) in [4.78, 5) is 11.2. The molecule has 0 heterocycles. The van der Waals surface area contributed by atoms with Gasteiger partial charge < -0.3 is 0 Å². The molecule has 2 bridgehead atoms. The lowest BCUT2D eigenvalue weighted by molar-refractivity contribution is -0.122. The van der Waals surface area contributed by atoms with Gasteiger partial charge in [0.25, 0.3) is 0 Å². The van der Waals surface area contributed by atoms with Gasteiger partial charge in [0, 0.05) is 12.3 Å². The number of allylic oxidation sites excluding steroid dienone is 2. The molecule has 0 aromatic rings. The highest BCUT2D eigenvalue weighted by molar-refractivity contribution is 5.84. The van der Waals surface area contributed by atoms with Crippen LogP contribution in [0.4, 0.5) is 0 Å². The molecule has 0 unspecified atom stereocenters. The summed E-state index contributed by atoms with van der Waals surface area (Å²) in [7, 11) is 0. The summed E-state index contributed by atoms with van der Waals surface area (Å²) in [6, 6.07) is 0. The molecular formula is C9H12O. The minimum Gasteiger partial charge on any atom is -0.299 e. The molecule has 54 valence electrons. The number of ketones is 1. The Labute approximate surface area is 61.1 Å². The summed E-state index contributed by atoms with van der Waals surface area (Å²) in [6.07, 6.45) is 8.75. The Bertz CT molecular complexity index is 181. The van der Waals surface area contributed by atoms with E-state index in [4.69, 9.17) is 0 Å². The first-order valence-electron chi connectivity index (χ1n) is 4.07. The van der Waals surface area contributed by atoms with Gasteiger partial charge in [-0.25, -0.2) is 0 Å². The van der Waals surface area contributed by atoms with Crippen LogP contribution < -0.4 is 0 Å². The minimum atomic E-state index is 0.291. The van der Waals surface area contributed by atoms with Gasteiger partial charge in [0.2, 0.25) is 0 Å². The van der Waals surface area contributed by atoms with E-state index in [1.165, 1.54) is 12.8 Å². The Morgan fingerprint density at radius 2 is 2.20 bits per heavy atom. The molecule has 0 aromatic heterocycles. The average Bonchev–Trinajstić information content (AvgIpc) is 2.20. The van der Waals surface area contributed by atoms with Crippen molar-refractivity contribution < 1.29 is 4.79 Å². The van der Waals surface area contributed by atoms with Crippen molar-refractivity contribution >= 4 is 5.78 Å². The molecular weight excluding hydrogens is 124 g/mol. The zero-order chi connectivity index (χ0) is 6.97. The second-order valence-electron chi connectivity index (χ2n) is 3.35. The predicted molar refractivity (Wildman–Crippen MR) is 39.6 cm³/mol. The first-order valence-corrected chi connectivity index (χ1v) is 4.07. The Morgan fingerprint density at radius 3 is 3.00 bits per heavy atom. The Hall–Kier alpha value is -0.590. The van der Waals surface area contributed by atoms with Crippen LogP contribution in [0.15, 0.2) is 12.2 Å². The van der Waals surface area contributed by atoms with Crippen LogP contribution in [0.1, 0.15) is 25.7 Å². The largest absolute Gasteiger partial charge is 0.299 e. The predicted octanol–water partition coefficient (Wildman–Crippen LogP) is 1.93. The number of carbonyl (C=O) groups excluding carboxylic acids is 1. The molecule has 0 aliphatic heterocycles. The molecule has 0 saturated heterocycles. The second kappa shape index (κ2) is 2.22. The quantitative estimate of drug-likeness (QED) is 0.465. The van der Waals surface area contributed by atoms with E-state index in [9.17, 15) is 4.79 Å². The molecule has 3 aliphatic rings. The van der Waals surface area contributed by atoms with Crippen LogP contribution >= 0.6 is 0 Å². The van der Waals surface area contributed by atoms with Crippen LogP contribution in [0, 0.1) is 11.8 Å². The highest BCUT2D eigenvalue weighted by Crippen LogP contribution is 2.31. The maximum absolute atomic E-state index is 11.2. The van der Waals surface area contributed by atoms with Crippen molar-refractivity contribution in [3.63, 3.8) is 0 Å². The minimum absolute atomic E-state index is 0.291. The molecule has 0 radical (unpaired) electrons. The molecule has 3 aliphatic carbocycles. The van der Waals surface area contributed by atoms with Crippen molar-refractivity contribution in [3.8, 4) is 0 Å². The summed E-state index contributed by atoms with van der Waals surface area (Å²) in [5.74, 6) is 1.36. The summed E-state index contributed by atoms with van der Waals surface area (Å²) in [5.41, 5.74) is 0. The van der Waals surface area contributed by atoms with Gasteiger partial charge >= 0.3 is 0 Å². The SMILES string of the molecule is O=C1C[C@H]2C=C[C@@H]1CCC2. The monoisotopic (exact) mass is 136 g/mol. The van der Waals surface area contributed by atoms with Crippen LogP contribution in [0.25, 0.3) is 0 Å². The summed E-state index contributed by atoms with van der Waals surface area (Å²) in [6.45, 7) is 0. The highest BCUT2D eigenvalue weighted by atomic mass is 16.1. The van der Waals surface area contributed by atoms with Crippen molar-refractivity contribution in [1.82, 2.24) is 0 Å². The number of carbonyl (C=O) groups is 1. The van der Waals surface area contributed by atoms with Gasteiger partial charge in [-0.1, -0.05) is 18.6 Å². The van der Waals surface area contributed by atoms with Crippen LogP contribution in [-0.2, 0) is 4.79 Å². The van der Waals surface area contributed by atoms with Gasteiger partial charge in [-0.3, -0.25) is 4.79 Å². The molecule has 3 rings (SSSR count). The first kappa shape index (κ1) is 6.14. The third kappa shape index (κ3) is 0.898. The Balaban J connectivity index is 2.26. The van der Waals surface area contributed by atoms with E-state index < -0.39 is 0 Å². The number of Topliss-reactive ketones (excluding diaryl/α,β-unsaturated/α-hetero) is 1. The van der Waals surface area contributed by atoms with Gasteiger partial charge in [-0.05, 0) is 18.8 Å². The van der Waals surface area contributed by atoms with Crippen molar-refractivity contribution in [1.29, 1.82) is 0 Å². The maximum atomic E-state index is 11.2. The van der Waals surface area contributed by atoms with Crippen LogP contribution in [0.3, 0.4) is 0 Å². The fourth-order valence-electron chi connectivity index (χ4n) is 1.93. The molecule has 1 nitrogen and oxygen atoms in total.